The zero-order valence-electron chi connectivity index (χ0n) is 11.1. The molecule has 0 saturated heterocycles. The third-order valence-electron chi connectivity index (χ3n) is 2.75. The number of fused-ring (bicyclic) bond motifs is 1. The number of nitrogens with two attached hydrogens (primary N) is 1. The Morgan fingerprint density at radius 1 is 1.10 bits per heavy atom. The Bertz CT molecular complexity index is 667. The van der Waals surface area contributed by atoms with Gasteiger partial charge in [0.05, 0.1) is 5.69 Å². The summed E-state index contributed by atoms with van der Waals surface area (Å²) >= 11 is 16.4. The summed E-state index contributed by atoms with van der Waals surface area (Å²) < 4.78 is 0. The Morgan fingerprint density at radius 2 is 1.62 bits per heavy atom. The normalized spacial score (nSPS) is 10.2. The summed E-state index contributed by atoms with van der Waals surface area (Å²) in [4.78, 5) is 12.4. The summed E-state index contributed by atoms with van der Waals surface area (Å²) in [5.41, 5.74) is 8.74. The van der Waals surface area contributed by atoms with Gasteiger partial charge in [-0.2, -0.15) is 0 Å². The maximum Gasteiger partial charge on any atom is 0.230 e. The number of carbonyl (C=O) groups is 1. The molecule has 21 heavy (non-hydrogen) atoms. The molecule has 1 aromatic rings. The molecule has 0 fully saturated rings. The van der Waals surface area contributed by atoms with E-state index in [1.54, 1.807) is 18.2 Å². The minimum atomic E-state index is -0.291. The second-order valence-electron chi connectivity index (χ2n) is 4.40. The van der Waals surface area contributed by atoms with Crippen molar-refractivity contribution >= 4 is 52.1 Å². The molecule has 3 nitrogen and oxygen atoms in total. The van der Waals surface area contributed by atoms with Crippen molar-refractivity contribution in [3.05, 3.63) is 52.5 Å². The van der Waals surface area contributed by atoms with E-state index in [0.29, 0.717) is 15.7 Å². The predicted molar refractivity (Wildman–Crippen MR) is 91.8 cm³/mol. The first-order chi connectivity index (χ1) is 9.88. The smallest absolute Gasteiger partial charge is 0.230 e. The Morgan fingerprint density at radius 3 is 1.90 bits per heavy atom. The van der Waals surface area contributed by atoms with Crippen molar-refractivity contribution in [2.45, 2.75) is 6.92 Å². The zero-order chi connectivity index (χ0) is 15.6. The van der Waals surface area contributed by atoms with Crippen molar-refractivity contribution in [2.24, 2.45) is 5.73 Å². The number of carbonyl (C=O) groups excluding carboxylic acids is 1. The molecule has 2 aliphatic rings. The number of hydrogen-bond donors (Lipinski definition) is 1. The first-order valence-corrected chi connectivity index (χ1v) is 7.21. The molecular formula is C15H12Cl2N2OS. The maximum absolute atomic E-state index is 11.3. The van der Waals surface area contributed by atoms with Crippen LogP contribution in [0, 0.1) is 0 Å². The van der Waals surface area contributed by atoms with Crippen LogP contribution in [0.3, 0.4) is 0 Å². The summed E-state index contributed by atoms with van der Waals surface area (Å²) in [6.07, 6.45) is 0. The SMILES string of the molecule is CC(=O)N(C(N)=S)c1cc(Cl)cc(Cl)c1.c1cc2cc-2c1. The van der Waals surface area contributed by atoms with Crippen molar-refractivity contribution in [1.82, 2.24) is 0 Å². The summed E-state index contributed by atoms with van der Waals surface area (Å²) in [6, 6.07) is 13.2. The fourth-order valence-corrected chi connectivity index (χ4v) is 2.56. The largest absolute Gasteiger partial charge is 0.376 e. The van der Waals surface area contributed by atoms with E-state index in [9.17, 15) is 4.79 Å². The summed E-state index contributed by atoms with van der Waals surface area (Å²) in [7, 11) is 0. The number of benzene rings is 2. The van der Waals surface area contributed by atoms with Crippen LogP contribution in [0.5, 0.6) is 0 Å². The van der Waals surface area contributed by atoms with Crippen LogP contribution in [0.4, 0.5) is 5.69 Å². The number of rotatable bonds is 1. The summed E-state index contributed by atoms with van der Waals surface area (Å²) in [5.74, 6) is -0.291. The quantitative estimate of drug-likeness (QED) is 0.674. The number of amides is 1. The van der Waals surface area contributed by atoms with Crippen molar-refractivity contribution in [2.75, 3.05) is 4.90 Å². The lowest BCUT2D eigenvalue weighted by molar-refractivity contribution is -0.115. The third kappa shape index (κ3) is 4.17. The minimum absolute atomic E-state index is 0.0409. The van der Waals surface area contributed by atoms with Gasteiger partial charge in [0.2, 0.25) is 5.91 Å². The van der Waals surface area contributed by atoms with E-state index in [-0.39, 0.29) is 11.0 Å². The molecule has 6 heteroatoms. The molecule has 1 aromatic carbocycles. The van der Waals surface area contributed by atoms with Crippen molar-refractivity contribution in [1.29, 1.82) is 0 Å². The average molecular weight is 339 g/mol. The third-order valence-corrected chi connectivity index (χ3v) is 3.37. The highest BCUT2D eigenvalue weighted by atomic mass is 35.5. The Balaban J connectivity index is 0.000000218. The van der Waals surface area contributed by atoms with Crippen LogP contribution in [-0.4, -0.2) is 11.0 Å². The highest BCUT2D eigenvalue weighted by Gasteiger charge is 2.15. The van der Waals surface area contributed by atoms with Crippen LogP contribution in [0.2, 0.25) is 10.0 Å². The van der Waals surface area contributed by atoms with Crippen LogP contribution in [0.15, 0.2) is 42.5 Å². The molecule has 2 N–H and O–H groups in total. The lowest BCUT2D eigenvalue weighted by atomic mass is 10.3. The van der Waals surface area contributed by atoms with Gasteiger partial charge in [-0.3, -0.25) is 9.69 Å². The summed E-state index contributed by atoms with van der Waals surface area (Å²) in [6.45, 7) is 1.36. The van der Waals surface area contributed by atoms with Gasteiger partial charge < -0.3 is 5.73 Å². The van der Waals surface area contributed by atoms with Gasteiger partial charge in [0, 0.05) is 17.0 Å². The van der Waals surface area contributed by atoms with Crippen LogP contribution in [-0.2, 0) is 4.79 Å². The number of thiocarbonyl (C=S) groups is 1. The van der Waals surface area contributed by atoms with Crippen LogP contribution in [0.1, 0.15) is 6.92 Å². The number of nitrogens with zero attached hydrogens (tertiary/aromatic N) is 1. The molecule has 0 bridgehead atoms. The van der Waals surface area contributed by atoms with E-state index in [2.05, 4.69) is 24.3 Å². The lowest BCUT2D eigenvalue weighted by Crippen LogP contribution is -2.39. The molecule has 0 unspecified atom stereocenters. The lowest BCUT2D eigenvalue weighted by Gasteiger charge is -2.19. The first-order valence-electron chi connectivity index (χ1n) is 6.05. The van der Waals surface area contributed by atoms with E-state index >= 15 is 0 Å². The Kier molecular flexibility index (Phi) is 4.83. The second-order valence-corrected chi connectivity index (χ2v) is 5.69. The molecule has 0 radical (unpaired) electrons. The molecular weight excluding hydrogens is 327 g/mol. The van der Waals surface area contributed by atoms with Gasteiger partial charge in [-0.1, -0.05) is 41.4 Å². The monoisotopic (exact) mass is 338 g/mol. The standard InChI is InChI=1S/C9H8Cl2N2OS.C6H4/c1-5(14)13(9(12)15)8-3-6(10)2-7(11)4-8;1-2-5-4-6(5)3-1/h2-4H,1H3,(H2,12,15);1-4H. The second kappa shape index (κ2) is 6.43. The van der Waals surface area contributed by atoms with Crippen molar-refractivity contribution < 1.29 is 4.79 Å². The van der Waals surface area contributed by atoms with E-state index in [1.165, 1.54) is 18.1 Å². The van der Waals surface area contributed by atoms with Gasteiger partial charge in [0.1, 0.15) is 0 Å². The first kappa shape index (κ1) is 15.8. The highest BCUT2D eigenvalue weighted by molar-refractivity contribution is 7.80. The van der Waals surface area contributed by atoms with Gasteiger partial charge in [-0.15, -0.1) is 0 Å². The van der Waals surface area contributed by atoms with Gasteiger partial charge in [-0.05, 0) is 47.6 Å². The van der Waals surface area contributed by atoms with Gasteiger partial charge in [-0.25, -0.2) is 0 Å². The number of anilines is 1. The topological polar surface area (TPSA) is 46.3 Å². The van der Waals surface area contributed by atoms with E-state index in [0.717, 1.165) is 4.90 Å². The van der Waals surface area contributed by atoms with Crippen LogP contribution >= 0.6 is 35.4 Å². The predicted octanol–water partition coefficient (Wildman–Crippen LogP) is 4.26. The molecule has 3 rings (SSSR count). The molecule has 0 heterocycles. The maximum atomic E-state index is 11.3. The Labute approximate surface area is 138 Å². The molecule has 0 atom stereocenters. The van der Waals surface area contributed by atoms with Crippen molar-refractivity contribution in [3.8, 4) is 11.1 Å². The average Bonchev–Trinajstić information content (AvgIpc) is 2.94. The Hall–Kier alpha value is -1.62. The van der Waals surface area contributed by atoms with Crippen LogP contribution in [0.25, 0.3) is 11.1 Å². The highest BCUT2D eigenvalue weighted by Crippen LogP contribution is 2.32. The molecule has 0 spiro atoms. The molecule has 1 amide bonds. The summed E-state index contributed by atoms with van der Waals surface area (Å²) in [5, 5.41) is 0.792. The van der Waals surface area contributed by atoms with E-state index in [4.69, 9.17) is 41.2 Å². The van der Waals surface area contributed by atoms with Gasteiger partial charge >= 0.3 is 0 Å². The minimum Gasteiger partial charge on any atom is -0.376 e. The van der Waals surface area contributed by atoms with Gasteiger partial charge in [0.15, 0.2) is 5.11 Å². The number of hydrogen-bond acceptors (Lipinski definition) is 2. The fraction of sp³-hybridized carbons (Fsp3) is 0.0667. The molecule has 0 aromatic heterocycles. The fourth-order valence-electron chi connectivity index (χ4n) is 1.81. The van der Waals surface area contributed by atoms with Crippen molar-refractivity contribution in [3.63, 3.8) is 0 Å². The molecule has 0 aliphatic heterocycles. The van der Waals surface area contributed by atoms with E-state index in [1.807, 2.05) is 0 Å². The zero-order valence-corrected chi connectivity index (χ0v) is 13.5. The number of halogens is 2. The molecule has 0 saturated carbocycles. The van der Waals surface area contributed by atoms with E-state index < -0.39 is 0 Å². The van der Waals surface area contributed by atoms with Crippen LogP contribution < -0.4 is 10.6 Å². The van der Waals surface area contributed by atoms with Gasteiger partial charge in [0.25, 0.3) is 0 Å². The molecule has 2 aliphatic carbocycles. The molecule has 108 valence electrons.